The summed E-state index contributed by atoms with van der Waals surface area (Å²) in [6, 6.07) is 69.1. The maximum atomic E-state index is 5.34. The van der Waals surface area contributed by atoms with Crippen molar-refractivity contribution in [2.45, 2.75) is 0 Å². The smallest absolute Gasteiger partial charge is 0.164 e. The predicted molar refractivity (Wildman–Crippen MR) is 235 cm³/mol. The summed E-state index contributed by atoms with van der Waals surface area (Å²) in [6.07, 6.45) is 0. The van der Waals surface area contributed by atoms with Crippen LogP contribution in [0.5, 0.6) is 0 Å². The van der Waals surface area contributed by atoms with Gasteiger partial charge in [-0.1, -0.05) is 158 Å². The van der Waals surface area contributed by atoms with Gasteiger partial charge in [-0.25, -0.2) is 15.0 Å². The van der Waals surface area contributed by atoms with Crippen LogP contribution in [0, 0.1) is 0 Å². The van der Waals surface area contributed by atoms with E-state index in [4.69, 9.17) is 15.0 Å². The Morgan fingerprint density at radius 3 is 1.68 bits per heavy atom. The van der Waals surface area contributed by atoms with Crippen molar-refractivity contribution in [1.29, 1.82) is 0 Å². The number of para-hydroxylation sites is 1. The second-order valence-electron chi connectivity index (χ2n) is 14.8. The molecule has 0 aliphatic heterocycles. The van der Waals surface area contributed by atoms with Crippen LogP contribution in [0.3, 0.4) is 0 Å². The molecule has 4 heteroatoms. The van der Waals surface area contributed by atoms with Crippen molar-refractivity contribution in [3.05, 3.63) is 194 Å². The lowest BCUT2D eigenvalue weighted by Crippen LogP contribution is -2.03. The van der Waals surface area contributed by atoms with Gasteiger partial charge < -0.3 is 4.57 Å². The molecule has 2 heterocycles. The predicted octanol–water partition coefficient (Wildman–Crippen LogP) is 13.6. The SMILES string of the molecule is c1ccc(-c2cccc(-c3nc(-c4ccccc4)nc(-c4ccc(-n5c6ccccc6c6cc7ccccc7cc65)c5c4-c4cccc6cccc-5c46)n3)c2)cc1. The summed E-state index contributed by atoms with van der Waals surface area (Å²) >= 11 is 0. The first-order valence-corrected chi connectivity index (χ1v) is 19.4. The molecule has 264 valence electrons. The minimum absolute atomic E-state index is 0.637. The Balaban J connectivity index is 1.16. The van der Waals surface area contributed by atoms with Gasteiger partial charge in [-0.15, -0.1) is 0 Å². The first-order valence-electron chi connectivity index (χ1n) is 19.4. The average Bonchev–Trinajstić information content (AvgIpc) is 3.79. The maximum Gasteiger partial charge on any atom is 0.164 e. The third-order valence-electron chi connectivity index (χ3n) is 11.5. The van der Waals surface area contributed by atoms with E-state index in [1.165, 1.54) is 60.0 Å². The first kappa shape index (κ1) is 31.6. The highest BCUT2D eigenvalue weighted by molar-refractivity contribution is 6.21. The van der Waals surface area contributed by atoms with Gasteiger partial charge in [0.1, 0.15) is 0 Å². The van der Waals surface area contributed by atoms with Gasteiger partial charge >= 0.3 is 0 Å². The summed E-state index contributed by atoms with van der Waals surface area (Å²) in [5, 5.41) is 7.39. The van der Waals surface area contributed by atoms with Crippen LogP contribution in [0.4, 0.5) is 0 Å². The molecule has 1 aliphatic rings. The van der Waals surface area contributed by atoms with Gasteiger partial charge in [0.05, 0.1) is 16.7 Å². The van der Waals surface area contributed by atoms with Crippen LogP contribution in [-0.4, -0.2) is 19.5 Å². The minimum Gasteiger partial charge on any atom is -0.309 e. The largest absolute Gasteiger partial charge is 0.309 e. The number of aromatic nitrogens is 4. The van der Waals surface area contributed by atoms with Crippen LogP contribution in [0.25, 0.3) is 117 Å². The summed E-state index contributed by atoms with van der Waals surface area (Å²) < 4.78 is 2.47. The molecule has 4 nitrogen and oxygen atoms in total. The summed E-state index contributed by atoms with van der Waals surface area (Å²) in [5.74, 6) is 1.92. The fraction of sp³-hybridized carbons (Fsp3) is 0. The molecular weight excluding hydrogens is 693 g/mol. The Kier molecular flexibility index (Phi) is 6.89. The van der Waals surface area contributed by atoms with E-state index in [0.717, 1.165) is 39.1 Å². The zero-order chi connectivity index (χ0) is 37.5. The molecule has 2 aromatic heterocycles. The van der Waals surface area contributed by atoms with Crippen LogP contribution < -0.4 is 0 Å². The summed E-state index contributed by atoms with van der Waals surface area (Å²) in [6.45, 7) is 0. The van der Waals surface area contributed by atoms with E-state index in [0.29, 0.717) is 17.5 Å². The fourth-order valence-electron chi connectivity index (χ4n) is 9.00. The third kappa shape index (κ3) is 4.91. The number of benzene rings is 9. The first-order chi connectivity index (χ1) is 28.3. The topological polar surface area (TPSA) is 43.6 Å². The third-order valence-corrected chi connectivity index (χ3v) is 11.5. The van der Waals surface area contributed by atoms with Crippen molar-refractivity contribution in [1.82, 2.24) is 19.5 Å². The fourth-order valence-corrected chi connectivity index (χ4v) is 9.00. The van der Waals surface area contributed by atoms with Gasteiger partial charge in [0.25, 0.3) is 0 Å². The van der Waals surface area contributed by atoms with Crippen molar-refractivity contribution in [3.8, 4) is 73.2 Å². The van der Waals surface area contributed by atoms with Crippen LogP contribution in [0.1, 0.15) is 0 Å². The zero-order valence-electron chi connectivity index (χ0n) is 30.8. The quantitative estimate of drug-likeness (QED) is 0.177. The Labute approximate surface area is 329 Å². The van der Waals surface area contributed by atoms with Crippen molar-refractivity contribution < 1.29 is 0 Å². The van der Waals surface area contributed by atoms with Crippen molar-refractivity contribution in [3.63, 3.8) is 0 Å². The number of hydrogen-bond acceptors (Lipinski definition) is 3. The molecule has 9 aromatic carbocycles. The molecule has 57 heavy (non-hydrogen) atoms. The Morgan fingerprint density at radius 2 is 0.895 bits per heavy atom. The highest BCUT2D eigenvalue weighted by atomic mass is 15.0. The van der Waals surface area contributed by atoms with Gasteiger partial charge in [-0.3, -0.25) is 0 Å². The summed E-state index contributed by atoms with van der Waals surface area (Å²) in [7, 11) is 0. The molecular formula is C53H32N4. The lowest BCUT2D eigenvalue weighted by atomic mass is 9.95. The molecule has 0 fully saturated rings. The lowest BCUT2D eigenvalue weighted by Gasteiger charge is -2.18. The van der Waals surface area contributed by atoms with E-state index in [1.54, 1.807) is 0 Å². The van der Waals surface area contributed by atoms with Gasteiger partial charge in [0, 0.05) is 38.6 Å². The normalized spacial score (nSPS) is 11.9. The molecule has 12 rings (SSSR count). The second kappa shape index (κ2) is 12.4. The number of hydrogen-bond donors (Lipinski definition) is 0. The summed E-state index contributed by atoms with van der Waals surface area (Å²) in [4.78, 5) is 15.7. The Bertz CT molecular complexity index is 3400. The van der Waals surface area contributed by atoms with Crippen molar-refractivity contribution in [2.75, 3.05) is 0 Å². The molecule has 0 bridgehead atoms. The molecule has 0 saturated heterocycles. The van der Waals surface area contributed by atoms with Crippen molar-refractivity contribution >= 4 is 43.4 Å². The highest BCUT2D eigenvalue weighted by Crippen LogP contribution is 2.54. The molecule has 0 unspecified atom stereocenters. The van der Waals surface area contributed by atoms with E-state index < -0.39 is 0 Å². The van der Waals surface area contributed by atoms with Crippen LogP contribution >= 0.6 is 0 Å². The standard InChI is InChI=1S/C53H32N4/c1-3-14-33(15-4-1)36-22-11-23-39(30-36)52-54-51(35-16-5-2-6-17-35)55-53(56-52)43-28-29-46(50-42-26-13-21-34-20-12-25-41(48(34)42)49(43)50)57-45-27-10-9-24-40(45)44-31-37-18-7-8-19-38(37)32-47(44)57/h1-32H. The summed E-state index contributed by atoms with van der Waals surface area (Å²) in [5.41, 5.74) is 13.3. The zero-order valence-corrected chi connectivity index (χ0v) is 30.8. The van der Waals surface area contributed by atoms with Crippen LogP contribution in [0.2, 0.25) is 0 Å². The Morgan fingerprint density at radius 1 is 0.316 bits per heavy atom. The molecule has 0 atom stereocenters. The van der Waals surface area contributed by atoms with E-state index in [9.17, 15) is 0 Å². The van der Waals surface area contributed by atoms with E-state index in [2.05, 4.69) is 174 Å². The molecule has 0 N–H and O–H groups in total. The van der Waals surface area contributed by atoms with Crippen LogP contribution in [-0.2, 0) is 0 Å². The maximum absolute atomic E-state index is 5.34. The Hall–Kier alpha value is -7.69. The molecule has 0 spiro atoms. The lowest BCUT2D eigenvalue weighted by molar-refractivity contribution is 1.07. The van der Waals surface area contributed by atoms with E-state index >= 15 is 0 Å². The van der Waals surface area contributed by atoms with Gasteiger partial charge in [-0.2, -0.15) is 0 Å². The van der Waals surface area contributed by atoms with Gasteiger partial charge in [0.15, 0.2) is 17.5 Å². The second-order valence-corrected chi connectivity index (χ2v) is 14.8. The van der Waals surface area contributed by atoms with Gasteiger partial charge in [0.2, 0.25) is 0 Å². The van der Waals surface area contributed by atoms with E-state index in [-0.39, 0.29) is 0 Å². The molecule has 0 saturated carbocycles. The molecule has 0 radical (unpaired) electrons. The van der Waals surface area contributed by atoms with Crippen molar-refractivity contribution in [2.24, 2.45) is 0 Å². The number of fused-ring (bicyclic) bond motifs is 7. The van der Waals surface area contributed by atoms with Gasteiger partial charge in [-0.05, 0) is 80.2 Å². The minimum atomic E-state index is 0.637. The molecule has 1 aliphatic carbocycles. The molecule has 0 amide bonds. The average molecular weight is 725 g/mol. The van der Waals surface area contributed by atoms with E-state index in [1.807, 2.05) is 24.3 Å². The monoisotopic (exact) mass is 724 g/mol. The number of rotatable bonds is 5. The number of nitrogens with zero attached hydrogens (tertiary/aromatic N) is 4. The van der Waals surface area contributed by atoms with Crippen LogP contribution in [0.15, 0.2) is 194 Å². The highest BCUT2D eigenvalue weighted by Gasteiger charge is 2.30. The molecule has 11 aromatic rings.